The Morgan fingerprint density at radius 1 is 1.40 bits per heavy atom. The molecule has 1 aliphatic carbocycles. The summed E-state index contributed by atoms with van der Waals surface area (Å²) in [5.41, 5.74) is 1.44. The minimum Gasteiger partial charge on any atom is -0.490 e. The standard InChI is InChI=1S/C17H28N2O/c1-5-18-12-14-9-15(6-7-19-14)20-16-8-13(2)10-17(3,4)11-16/h6-7,9,13,16,18H,5,8,10-12H2,1-4H3. The zero-order valence-corrected chi connectivity index (χ0v) is 13.3. The molecule has 3 heteroatoms. The summed E-state index contributed by atoms with van der Waals surface area (Å²) in [5.74, 6) is 1.70. The van der Waals surface area contributed by atoms with Gasteiger partial charge in [-0.3, -0.25) is 4.98 Å². The van der Waals surface area contributed by atoms with Crippen LogP contribution in [0, 0.1) is 11.3 Å². The summed E-state index contributed by atoms with van der Waals surface area (Å²) in [4.78, 5) is 4.37. The van der Waals surface area contributed by atoms with Crippen molar-refractivity contribution in [3.05, 3.63) is 24.0 Å². The maximum atomic E-state index is 6.21. The average molecular weight is 276 g/mol. The lowest BCUT2D eigenvalue weighted by Crippen LogP contribution is -2.34. The Labute approximate surface area is 123 Å². The molecule has 0 spiro atoms. The van der Waals surface area contributed by atoms with Crippen LogP contribution in [0.25, 0.3) is 0 Å². The van der Waals surface area contributed by atoms with Gasteiger partial charge in [0.05, 0.1) is 11.8 Å². The maximum absolute atomic E-state index is 6.21. The van der Waals surface area contributed by atoms with E-state index < -0.39 is 0 Å². The Hall–Kier alpha value is -1.09. The largest absolute Gasteiger partial charge is 0.490 e. The van der Waals surface area contributed by atoms with Gasteiger partial charge in [-0.25, -0.2) is 0 Å². The van der Waals surface area contributed by atoms with Crippen molar-refractivity contribution in [2.75, 3.05) is 6.54 Å². The summed E-state index contributed by atoms with van der Waals surface area (Å²) in [7, 11) is 0. The number of ether oxygens (including phenoxy) is 1. The van der Waals surface area contributed by atoms with E-state index in [1.807, 2.05) is 12.3 Å². The summed E-state index contributed by atoms with van der Waals surface area (Å²) in [6, 6.07) is 4.04. The first kappa shape index (κ1) is 15.3. The Morgan fingerprint density at radius 3 is 2.90 bits per heavy atom. The minimum atomic E-state index is 0.336. The highest BCUT2D eigenvalue weighted by atomic mass is 16.5. The first-order chi connectivity index (χ1) is 9.48. The third-order valence-electron chi connectivity index (χ3n) is 3.99. The fourth-order valence-corrected chi connectivity index (χ4v) is 3.42. The molecule has 1 N–H and O–H groups in total. The van der Waals surface area contributed by atoms with Crippen LogP contribution in [0.15, 0.2) is 18.3 Å². The van der Waals surface area contributed by atoms with Gasteiger partial charge >= 0.3 is 0 Å². The van der Waals surface area contributed by atoms with Crippen molar-refractivity contribution < 1.29 is 4.74 Å². The molecule has 0 aromatic carbocycles. The highest BCUT2D eigenvalue weighted by Crippen LogP contribution is 2.39. The molecule has 0 saturated heterocycles. The van der Waals surface area contributed by atoms with E-state index in [0.29, 0.717) is 11.5 Å². The van der Waals surface area contributed by atoms with Gasteiger partial charge in [0, 0.05) is 18.8 Å². The van der Waals surface area contributed by atoms with E-state index in [-0.39, 0.29) is 0 Å². The fourth-order valence-electron chi connectivity index (χ4n) is 3.42. The highest BCUT2D eigenvalue weighted by Gasteiger charge is 2.33. The van der Waals surface area contributed by atoms with Crippen LogP contribution in [0.5, 0.6) is 5.75 Å². The van der Waals surface area contributed by atoms with E-state index in [1.54, 1.807) is 0 Å². The summed E-state index contributed by atoms with van der Waals surface area (Å²) in [6.45, 7) is 10.9. The number of hydrogen-bond donors (Lipinski definition) is 1. The molecule has 1 fully saturated rings. The van der Waals surface area contributed by atoms with Crippen LogP contribution in [-0.2, 0) is 6.54 Å². The summed E-state index contributed by atoms with van der Waals surface area (Å²) < 4.78 is 6.21. The molecule has 2 unspecified atom stereocenters. The minimum absolute atomic E-state index is 0.336. The molecule has 0 aliphatic heterocycles. The predicted molar refractivity (Wildman–Crippen MR) is 82.8 cm³/mol. The van der Waals surface area contributed by atoms with Crippen LogP contribution < -0.4 is 10.1 Å². The van der Waals surface area contributed by atoms with Crippen molar-refractivity contribution in [1.82, 2.24) is 10.3 Å². The van der Waals surface area contributed by atoms with Gasteiger partial charge in [-0.2, -0.15) is 0 Å². The third-order valence-corrected chi connectivity index (χ3v) is 3.99. The Bertz CT molecular complexity index is 431. The molecule has 3 nitrogen and oxygen atoms in total. The summed E-state index contributed by atoms with van der Waals surface area (Å²) >= 11 is 0. The van der Waals surface area contributed by atoms with E-state index in [2.05, 4.69) is 44.1 Å². The number of pyridine rings is 1. The third kappa shape index (κ3) is 4.48. The van der Waals surface area contributed by atoms with Crippen LogP contribution in [-0.4, -0.2) is 17.6 Å². The smallest absolute Gasteiger partial charge is 0.123 e. The van der Waals surface area contributed by atoms with Gasteiger partial charge in [0.1, 0.15) is 5.75 Å². The van der Waals surface area contributed by atoms with Crippen LogP contribution in [0.3, 0.4) is 0 Å². The molecule has 1 heterocycles. The number of hydrogen-bond acceptors (Lipinski definition) is 3. The molecule has 112 valence electrons. The Kier molecular flexibility index (Phi) is 5.03. The molecular formula is C17H28N2O. The zero-order chi connectivity index (χ0) is 14.6. The molecule has 2 atom stereocenters. The van der Waals surface area contributed by atoms with Gasteiger partial charge < -0.3 is 10.1 Å². The molecule has 0 radical (unpaired) electrons. The molecule has 0 bridgehead atoms. The molecule has 20 heavy (non-hydrogen) atoms. The predicted octanol–water partition coefficient (Wildman–Crippen LogP) is 3.78. The van der Waals surface area contributed by atoms with Crippen LogP contribution in [0.4, 0.5) is 0 Å². The van der Waals surface area contributed by atoms with Crippen molar-refractivity contribution in [3.63, 3.8) is 0 Å². The van der Waals surface area contributed by atoms with Crippen molar-refractivity contribution in [2.45, 2.75) is 59.6 Å². The van der Waals surface area contributed by atoms with E-state index in [9.17, 15) is 0 Å². The number of rotatable bonds is 5. The van der Waals surface area contributed by atoms with E-state index >= 15 is 0 Å². The van der Waals surface area contributed by atoms with Gasteiger partial charge in [-0.1, -0.05) is 27.7 Å². The molecule has 1 aliphatic rings. The molecule has 1 aromatic rings. The average Bonchev–Trinajstić information content (AvgIpc) is 2.34. The molecule has 0 amide bonds. The monoisotopic (exact) mass is 276 g/mol. The van der Waals surface area contributed by atoms with Gasteiger partial charge in [0.15, 0.2) is 0 Å². The maximum Gasteiger partial charge on any atom is 0.123 e. The van der Waals surface area contributed by atoms with Crippen LogP contribution >= 0.6 is 0 Å². The summed E-state index contributed by atoms with van der Waals surface area (Å²) in [5, 5.41) is 3.30. The van der Waals surface area contributed by atoms with Crippen LogP contribution in [0.2, 0.25) is 0 Å². The molecule has 1 saturated carbocycles. The number of nitrogens with zero attached hydrogens (tertiary/aromatic N) is 1. The quantitative estimate of drug-likeness (QED) is 0.888. The topological polar surface area (TPSA) is 34.1 Å². The lowest BCUT2D eigenvalue weighted by atomic mass is 9.71. The van der Waals surface area contributed by atoms with E-state index in [0.717, 1.165) is 43.3 Å². The van der Waals surface area contributed by atoms with Crippen molar-refractivity contribution in [3.8, 4) is 5.75 Å². The second-order valence-electron chi connectivity index (χ2n) is 6.92. The van der Waals surface area contributed by atoms with Crippen LogP contribution in [0.1, 0.15) is 52.7 Å². The second kappa shape index (κ2) is 6.57. The number of aromatic nitrogens is 1. The molecule has 2 rings (SSSR count). The zero-order valence-electron chi connectivity index (χ0n) is 13.3. The first-order valence-electron chi connectivity index (χ1n) is 7.81. The van der Waals surface area contributed by atoms with Crippen molar-refractivity contribution >= 4 is 0 Å². The van der Waals surface area contributed by atoms with Gasteiger partial charge in [-0.05, 0) is 43.2 Å². The fraction of sp³-hybridized carbons (Fsp3) is 0.706. The van der Waals surface area contributed by atoms with Gasteiger partial charge in [0.2, 0.25) is 0 Å². The van der Waals surface area contributed by atoms with E-state index in [4.69, 9.17) is 4.74 Å². The normalized spacial score (nSPS) is 25.4. The van der Waals surface area contributed by atoms with Crippen molar-refractivity contribution in [2.24, 2.45) is 11.3 Å². The second-order valence-corrected chi connectivity index (χ2v) is 6.92. The molecular weight excluding hydrogens is 248 g/mol. The highest BCUT2D eigenvalue weighted by molar-refractivity contribution is 5.23. The Morgan fingerprint density at radius 2 is 2.20 bits per heavy atom. The number of nitrogens with one attached hydrogen (secondary N) is 1. The lowest BCUT2D eigenvalue weighted by Gasteiger charge is -2.38. The van der Waals surface area contributed by atoms with E-state index in [1.165, 1.54) is 6.42 Å². The van der Waals surface area contributed by atoms with Gasteiger partial charge in [0.25, 0.3) is 0 Å². The van der Waals surface area contributed by atoms with Gasteiger partial charge in [-0.15, -0.1) is 0 Å². The molecule has 1 aromatic heterocycles. The summed E-state index contributed by atoms with van der Waals surface area (Å²) in [6.07, 6.45) is 5.79. The first-order valence-corrected chi connectivity index (χ1v) is 7.81. The van der Waals surface area contributed by atoms with Crippen molar-refractivity contribution in [1.29, 1.82) is 0 Å². The lowest BCUT2D eigenvalue weighted by molar-refractivity contribution is 0.0561. The SMILES string of the molecule is CCNCc1cc(OC2CC(C)CC(C)(C)C2)ccn1. The Balaban J connectivity index is 1.98.